The summed E-state index contributed by atoms with van der Waals surface area (Å²) in [5.74, 6) is 0.842. The normalized spacial score (nSPS) is 11.1. The van der Waals surface area contributed by atoms with E-state index in [1.807, 2.05) is 0 Å². The Labute approximate surface area is 110 Å². The largest absolute Gasteiger partial charge is 0.313 e. The molecule has 1 aromatic carbocycles. The van der Waals surface area contributed by atoms with Crippen molar-refractivity contribution in [1.82, 2.24) is 5.32 Å². The summed E-state index contributed by atoms with van der Waals surface area (Å²) in [6.07, 6.45) is 6.10. The second-order valence-corrected chi connectivity index (χ2v) is 5.79. The summed E-state index contributed by atoms with van der Waals surface area (Å²) in [4.78, 5) is 1.34. The van der Waals surface area contributed by atoms with Crippen molar-refractivity contribution >= 4 is 11.8 Å². The van der Waals surface area contributed by atoms with E-state index >= 15 is 0 Å². The van der Waals surface area contributed by atoms with Gasteiger partial charge in [-0.05, 0) is 42.8 Å². The molecule has 0 aliphatic heterocycles. The van der Waals surface area contributed by atoms with Crippen molar-refractivity contribution in [2.45, 2.75) is 44.6 Å². The molecule has 0 saturated carbocycles. The Hall–Kier alpha value is -0.470. The minimum atomic E-state index is 0.842. The van der Waals surface area contributed by atoms with Crippen LogP contribution in [0.1, 0.15) is 38.7 Å². The van der Waals surface area contributed by atoms with Crippen LogP contribution in [0.3, 0.4) is 0 Å². The molecule has 1 rings (SSSR count). The molecule has 0 radical (unpaired) electrons. The Kier molecular flexibility index (Phi) is 7.38. The molecule has 2 heteroatoms. The van der Waals surface area contributed by atoms with E-state index in [-0.39, 0.29) is 0 Å². The highest BCUT2D eigenvalue weighted by molar-refractivity contribution is 7.98. The van der Waals surface area contributed by atoms with Crippen molar-refractivity contribution < 1.29 is 0 Å². The van der Waals surface area contributed by atoms with Gasteiger partial charge >= 0.3 is 0 Å². The quantitative estimate of drug-likeness (QED) is 0.545. The minimum Gasteiger partial charge on any atom is -0.313 e. The van der Waals surface area contributed by atoms with Gasteiger partial charge in [-0.2, -0.15) is 0 Å². The van der Waals surface area contributed by atoms with Crippen LogP contribution in [0.25, 0.3) is 0 Å². The Morgan fingerprint density at radius 1 is 1.12 bits per heavy atom. The Morgan fingerprint density at radius 3 is 2.41 bits per heavy atom. The van der Waals surface area contributed by atoms with E-state index in [4.69, 9.17) is 0 Å². The molecule has 0 atom stereocenters. The second kappa shape index (κ2) is 8.60. The zero-order chi connectivity index (χ0) is 12.5. The molecule has 1 aromatic rings. The maximum absolute atomic E-state index is 3.51. The van der Waals surface area contributed by atoms with Crippen LogP contribution in [0.2, 0.25) is 0 Å². The lowest BCUT2D eigenvalue weighted by Crippen LogP contribution is -2.14. The highest BCUT2D eigenvalue weighted by Crippen LogP contribution is 2.14. The third kappa shape index (κ3) is 6.75. The number of hydrogen-bond donors (Lipinski definition) is 1. The predicted molar refractivity (Wildman–Crippen MR) is 78.6 cm³/mol. The summed E-state index contributed by atoms with van der Waals surface area (Å²) in [6, 6.07) is 8.82. The van der Waals surface area contributed by atoms with Gasteiger partial charge in [-0.3, -0.25) is 0 Å². The van der Waals surface area contributed by atoms with Crippen molar-refractivity contribution in [3.63, 3.8) is 0 Å². The molecule has 1 nitrogen and oxygen atoms in total. The van der Waals surface area contributed by atoms with E-state index in [0.29, 0.717) is 0 Å². The lowest BCUT2D eigenvalue weighted by atomic mass is 10.1. The minimum absolute atomic E-state index is 0.842. The fraction of sp³-hybridized carbons (Fsp3) is 0.600. The van der Waals surface area contributed by atoms with Crippen LogP contribution in [0.4, 0.5) is 0 Å². The molecule has 0 aliphatic carbocycles. The summed E-state index contributed by atoms with van der Waals surface area (Å²) in [5.41, 5.74) is 1.38. The van der Waals surface area contributed by atoms with Gasteiger partial charge in [-0.1, -0.05) is 38.8 Å². The molecule has 0 aliphatic rings. The smallest absolute Gasteiger partial charge is 0.0205 e. The summed E-state index contributed by atoms with van der Waals surface area (Å²) in [5, 5.41) is 3.51. The first-order valence-corrected chi connectivity index (χ1v) is 7.78. The van der Waals surface area contributed by atoms with E-state index in [1.54, 1.807) is 11.8 Å². The van der Waals surface area contributed by atoms with Gasteiger partial charge in [-0.25, -0.2) is 0 Å². The highest BCUT2D eigenvalue weighted by Gasteiger charge is 1.95. The van der Waals surface area contributed by atoms with Gasteiger partial charge in [0.25, 0.3) is 0 Å². The first-order valence-electron chi connectivity index (χ1n) is 6.56. The molecule has 0 saturated heterocycles. The molecule has 0 heterocycles. The molecule has 0 unspecified atom stereocenters. The van der Waals surface area contributed by atoms with Crippen LogP contribution in [0.5, 0.6) is 0 Å². The molecule has 96 valence electrons. The Bertz CT molecular complexity index is 292. The Morgan fingerprint density at radius 2 is 1.82 bits per heavy atom. The van der Waals surface area contributed by atoms with Gasteiger partial charge in [0.05, 0.1) is 0 Å². The van der Waals surface area contributed by atoms with Crippen LogP contribution < -0.4 is 5.32 Å². The SMILES string of the molecule is CSc1ccc(CNCCCCC(C)C)cc1. The second-order valence-electron chi connectivity index (χ2n) is 4.91. The third-order valence-corrected chi connectivity index (χ3v) is 3.62. The summed E-state index contributed by atoms with van der Waals surface area (Å²) < 4.78 is 0. The fourth-order valence-electron chi connectivity index (χ4n) is 1.78. The van der Waals surface area contributed by atoms with Crippen LogP contribution in [0, 0.1) is 5.92 Å². The molecule has 0 spiro atoms. The van der Waals surface area contributed by atoms with Crippen LogP contribution in [-0.2, 0) is 6.54 Å². The summed E-state index contributed by atoms with van der Waals surface area (Å²) in [7, 11) is 0. The van der Waals surface area contributed by atoms with Crippen molar-refractivity contribution in [3.05, 3.63) is 29.8 Å². The molecule has 1 N–H and O–H groups in total. The van der Waals surface area contributed by atoms with Crippen LogP contribution >= 0.6 is 11.8 Å². The fourth-order valence-corrected chi connectivity index (χ4v) is 2.19. The molecular weight excluding hydrogens is 226 g/mol. The van der Waals surface area contributed by atoms with Crippen LogP contribution in [0.15, 0.2) is 29.2 Å². The Balaban J connectivity index is 2.09. The summed E-state index contributed by atoms with van der Waals surface area (Å²) >= 11 is 1.79. The number of rotatable bonds is 8. The number of unbranched alkanes of at least 4 members (excludes halogenated alkanes) is 1. The number of nitrogens with one attached hydrogen (secondary N) is 1. The number of hydrogen-bond acceptors (Lipinski definition) is 2. The molecule has 17 heavy (non-hydrogen) atoms. The monoisotopic (exact) mass is 251 g/mol. The zero-order valence-corrected chi connectivity index (χ0v) is 12.1. The van der Waals surface area contributed by atoms with Gasteiger partial charge < -0.3 is 5.32 Å². The van der Waals surface area contributed by atoms with Crippen molar-refractivity contribution in [2.75, 3.05) is 12.8 Å². The maximum atomic E-state index is 3.51. The zero-order valence-electron chi connectivity index (χ0n) is 11.3. The van der Waals surface area contributed by atoms with E-state index in [0.717, 1.165) is 19.0 Å². The van der Waals surface area contributed by atoms with Crippen molar-refractivity contribution in [2.24, 2.45) is 5.92 Å². The number of benzene rings is 1. The average Bonchev–Trinajstić information content (AvgIpc) is 2.34. The number of thioether (sulfide) groups is 1. The van der Waals surface area contributed by atoms with Gasteiger partial charge in [-0.15, -0.1) is 11.8 Å². The highest BCUT2D eigenvalue weighted by atomic mass is 32.2. The van der Waals surface area contributed by atoms with Crippen molar-refractivity contribution in [3.8, 4) is 0 Å². The van der Waals surface area contributed by atoms with Gasteiger partial charge in [0.15, 0.2) is 0 Å². The van der Waals surface area contributed by atoms with E-state index < -0.39 is 0 Å². The standard InChI is InChI=1S/C15H25NS/c1-13(2)6-4-5-11-16-12-14-7-9-15(17-3)10-8-14/h7-10,13,16H,4-6,11-12H2,1-3H3. The topological polar surface area (TPSA) is 12.0 Å². The molecule has 0 bridgehead atoms. The predicted octanol–water partition coefficient (Wildman–Crippen LogP) is 4.32. The van der Waals surface area contributed by atoms with Gasteiger partial charge in [0.1, 0.15) is 0 Å². The molecule has 0 fully saturated rings. The summed E-state index contributed by atoms with van der Waals surface area (Å²) in [6.45, 7) is 6.72. The maximum Gasteiger partial charge on any atom is 0.0205 e. The average molecular weight is 251 g/mol. The molecule has 0 amide bonds. The lowest BCUT2D eigenvalue weighted by molar-refractivity contribution is 0.520. The third-order valence-electron chi connectivity index (χ3n) is 2.87. The van der Waals surface area contributed by atoms with Crippen molar-refractivity contribution in [1.29, 1.82) is 0 Å². The molecular formula is C15H25NS. The van der Waals surface area contributed by atoms with Gasteiger partial charge in [0, 0.05) is 11.4 Å². The van der Waals surface area contributed by atoms with E-state index in [2.05, 4.69) is 49.7 Å². The lowest BCUT2D eigenvalue weighted by Gasteiger charge is -2.07. The van der Waals surface area contributed by atoms with Gasteiger partial charge in [0.2, 0.25) is 0 Å². The van der Waals surface area contributed by atoms with Crippen LogP contribution in [-0.4, -0.2) is 12.8 Å². The first-order chi connectivity index (χ1) is 8.22. The van der Waals surface area contributed by atoms with E-state index in [1.165, 1.54) is 29.7 Å². The molecule has 0 aromatic heterocycles. The first kappa shape index (κ1) is 14.6. The van der Waals surface area contributed by atoms with E-state index in [9.17, 15) is 0 Å².